The average Bonchev–Trinajstić information content (AvgIpc) is 2.80. The van der Waals surface area contributed by atoms with Gasteiger partial charge in [0.15, 0.2) is 0 Å². The number of aromatic hydroxyl groups is 1. The number of nitrogens with one attached hydrogen (secondary N) is 1. The van der Waals surface area contributed by atoms with Crippen LogP contribution in [0.4, 0.5) is 13.2 Å². The van der Waals surface area contributed by atoms with Crippen molar-refractivity contribution in [2.24, 2.45) is 4.99 Å². The molecule has 0 saturated heterocycles. The number of aryl methyl sites for hydroxylation is 1. The Hall–Kier alpha value is -2.83. The molecule has 0 aromatic heterocycles. The molecule has 3 aromatic carbocycles. The Bertz CT molecular complexity index is 1130. The van der Waals surface area contributed by atoms with E-state index < -0.39 is 17.9 Å². The van der Waals surface area contributed by atoms with Gasteiger partial charge in [0, 0.05) is 28.8 Å². The summed E-state index contributed by atoms with van der Waals surface area (Å²) in [6.45, 7) is 2.08. The molecule has 7 heteroatoms. The van der Waals surface area contributed by atoms with E-state index in [9.17, 15) is 18.3 Å². The van der Waals surface area contributed by atoms with E-state index in [1.54, 1.807) is 12.1 Å². The number of hydrogen-bond donors (Lipinski definition) is 2. The Morgan fingerprint density at radius 2 is 1.72 bits per heavy atom. The highest BCUT2D eigenvalue weighted by Gasteiger charge is 2.31. The Morgan fingerprint density at radius 3 is 2.34 bits per heavy atom. The van der Waals surface area contributed by atoms with Gasteiger partial charge in [-0.15, -0.1) is 0 Å². The van der Waals surface area contributed by atoms with E-state index in [0.29, 0.717) is 22.6 Å². The summed E-state index contributed by atoms with van der Waals surface area (Å²) in [6, 6.07) is 17.6. The second-order valence-corrected chi connectivity index (χ2v) is 8.21. The van der Waals surface area contributed by atoms with Gasteiger partial charge in [0.2, 0.25) is 0 Å². The zero-order valence-electron chi connectivity index (χ0n) is 17.3. The van der Waals surface area contributed by atoms with Gasteiger partial charge in [0.25, 0.3) is 0 Å². The number of aliphatic imine (C=N–C) groups is 1. The number of nitrogens with zero attached hydrogens (tertiary/aromatic N) is 1. The number of benzene rings is 3. The summed E-state index contributed by atoms with van der Waals surface area (Å²) in [5.74, 6) is 0.0978. The minimum atomic E-state index is -4.40. The van der Waals surface area contributed by atoms with Gasteiger partial charge in [-0.05, 0) is 53.4 Å². The zero-order chi connectivity index (χ0) is 22.9. The van der Waals surface area contributed by atoms with Gasteiger partial charge < -0.3 is 5.11 Å². The normalized spacial score (nSPS) is 19.0. The molecule has 32 heavy (non-hydrogen) atoms. The van der Waals surface area contributed by atoms with Crippen LogP contribution >= 0.6 is 11.6 Å². The van der Waals surface area contributed by atoms with E-state index in [4.69, 9.17) is 16.6 Å². The molecule has 1 aliphatic heterocycles. The number of phenolic OH excluding ortho intramolecular Hbond substituents is 1. The largest absolute Gasteiger partial charge is 0.508 e. The molecule has 0 amide bonds. The maximum absolute atomic E-state index is 13.0. The van der Waals surface area contributed by atoms with Crippen molar-refractivity contribution < 1.29 is 18.3 Å². The quantitative estimate of drug-likeness (QED) is 0.449. The smallest absolute Gasteiger partial charge is 0.416 e. The van der Waals surface area contributed by atoms with Crippen LogP contribution in [0.3, 0.4) is 0 Å². The molecular weight excluding hydrogens is 437 g/mol. The fraction of sp³-hybridized carbons (Fsp3) is 0.240. The molecule has 1 heterocycles. The van der Waals surface area contributed by atoms with Gasteiger partial charge in [0.1, 0.15) is 11.9 Å². The van der Waals surface area contributed by atoms with Crippen LogP contribution < -0.4 is 5.32 Å². The highest BCUT2D eigenvalue weighted by Crippen LogP contribution is 2.36. The van der Waals surface area contributed by atoms with E-state index >= 15 is 0 Å². The van der Waals surface area contributed by atoms with Crippen molar-refractivity contribution in [1.29, 1.82) is 0 Å². The van der Waals surface area contributed by atoms with Crippen LogP contribution in [0.15, 0.2) is 71.7 Å². The number of hydrogen-bond acceptors (Lipinski definition) is 3. The molecule has 0 fully saturated rings. The first-order valence-corrected chi connectivity index (χ1v) is 10.7. The molecule has 0 saturated carbocycles. The van der Waals surface area contributed by atoms with Gasteiger partial charge in [-0.2, -0.15) is 13.2 Å². The van der Waals surface area contributed by atoms with Crippen LogP contribution in [0.5, 0.6) is 5.75 Å². The molecule has 4 rings (SSSR count). The SMILES string of the molecule is CCc1ccc(C2=N[C@H](c3ccc(C(F)(F)F)cc3)N[C@@H](c3cc(Cl)ccc3O)C2)cc1. The predicted molar refractivity (Wildman–Crippen MR) is 120 cm³/mol. The third-order valence-electron chi connectivity index (χ3n) is 5.66. The molecule has 0 spiro atoms. The molecule has 0 bridgehead atoms. The number of rotatable bonds is 4. The Balaban J connectivity index is 1.73. The zero-order valence-corrected chi connectivity index (χ0v) is 18.1. The second kappa shape index (κ2) is 8.96. The first-order chi connectivity index (χ1) is 15.2. The lowest BCUT2D eigenvalue weighted by Crippen LogP contribution is -2.33. The average molecular weight is 459 g/mol. The topological polar surface area (TPSA) is 44.6 Å². The van der Waals surface area contributed by atoms with Crippen LogP contribution in [-0.4, -0.2) is 10.8 Å². The maximum atomic E-state index is 13.0. The van der Waals surface area contributed by atoms with Crippen molar-refractivity contribution in [1.82, 2.24) is 5.32 Å². The molecule has 166 valence electrons. The van der Waals surface area contributed by atoms with Crippen molar-refractivity contribution in [2.75, 3.05) is 0 Å². The summed E-state index contributed by atoms with van der Waals surface area (Å²) < 4.78 is 39.0. The molecule has 2 N–H and O–H groups in total. The summed E-state index contributed by atoms with van der Waals surface area (Å²) in [6.07, 6.45) is -3.56. The van der Waals surface area contributed by atoms with Crippen LogP contribution in [-0.2, 0) is 12.6 Å². The molecular formula is C25H22ClF3N2O. The number of halogens is 4. The summed E-state index contributed by atoms with van der Waals surface area (Å²) in [5, 5.41) is 14.3. The third-order valence-corrected chi connectivity index (χ3v) is 5.89. The highest BCUT2D eigenvalue weighted by atomic mass is 35.5. The van der Waals surface area contributed by atoms with Gasteiger partial charge in [0.05, 0.1) is 5.56 Å². The van der Waals surface area contributed by atoms with Gasteiger partial charge in [-0.1, -0.05) is 54.9 Å². The number of phenols is 1. The lowest BCUT2D eigenvalue weighted by molar-refractivity contribution is -0.137. The molecule has 0 aliphatic carbocycles. The summed E-state index contributed by atoms with van der Waals surface area (Å²) in [7, 11) is 0. The summed E-state index contributed by atoms with van der Waals surface area (Å²) in [5.41, 5.74) is 3.46. The van der Waals surface area contributed by atoms with E-state index in [2.05, 4.69) is 12.2 Å². The van der Waals surface area contributed by atoms with Gasteiger partial charge >= 0.3 is 6.18 Å². The minimum absolute atomic E-state index is 0.0978. The van der Waals surface area contributed by atoms with E-state index in [-0.39, 0.29) is 11.8 Å². The lowest BCUT2D eigenvalue weighted by Gasteiger charge is -2.31. The number of alkyl halides is 3. The van der Waals surface area contributed by atoms with Crippen molar-refractivity contribution >= 4 is 17.3 Å². The fourth-order valence-electron chi connectivity index (χ4n) is 3.84. The Kier molecular flexibility index (Phi) is 6.26. The van der Waals surface area contributed by atoms with Crippen molar-refractivity contribution in [3.05, 3.63) is 99.6 Å². The minimum Gasteiger partial charge on any atom is -0.508 e. The Labute approximate surface area is 189 Å². The van der Waals surface area contributed by atoms with Crippen LogP contribution in [0.25, 0.3) is 0 Å². The van der Waals surface area contributed by atoms with E-state index in [0.717, 1.165) is 29.8 Å². The monoisotopic (exact) mass is 458 g/mol. The van der Waals surface area contributed by atoms with Gasteiger partial charge in [-0.3, -0.25) is 10.3 Å². The third kappa shape index (κ3) is 4.81. The van der Waals surface area contributed by atoms with E-state index in [1.165, 1.54) is 23.8 Å². The van der Waals surface area contributed by atoms with Crippen molar-refractivity contribution in [2.45, 2.75) is 38.1 Å². The van der Waals surface area contributed by atoms with Crippen molar-refractivity contribution in [3.63, 3.8) is 0 Å². The van der Waals surface area contributed by atoms with Crippen LogP contribution in [0.1, 0.15) is 53.4 Å². The van der Waals surface area contributed by atoms with Crippen LogP contribution in [0, 0.1) is 0 Å². The predicted octanol–water partition coefficient (Wildman–Crippen LogP) is 6.85. The second-order valence-electron chi connectivity index (χ2n) is 7.78. The molecule has 3 nitrogen and oxygen atoms in total. The van der Waals surface area contributed by atoms with Crippen LogP contribution in [0.2, 0.25) is 5.02 Å². The molecule has 3 aromatic rings. The molecule has 2 atom stereocenters. The highest BCUT2D eigenvalue weighted by molar-refractivity contribution is 6.30. The summed E-state index contributed by atoms with van der Waals surface area (Å²) in [4.78, 5) is 4.81. The van der Waals surface area contributed by atoms with Crippen molar-refractivity contribution in [3.8, 4) is 5.75 Å². The van der Waals surface area contributed by atoms with Gasteiger partial charge in [-0.25, -0.2) is 0 Å². The molecule has 1 aliphatic rings. The fourth-order valence-corrected chi connectivity index (χ4v) is 4.02. The molecule has 0 unspecified atom stereocenters. The maximum Gasteiger partial charge on any atom is 0.416 e. The lowest BCUT2D eigenvalue weighted by atomic mass is 9.93. The standard InChI is InChI=1S/C25H22ClF3N2O/c1-2-15-3-5-16(6-4-15)21-14-22(20-13-19(26)11-12-23(20)32)31-24(30-21)17-7-9-18(10-8-17)25(27,28)29/h3-13,22,24,31-32H,2,14H2,1H3/t22-,24+/m1/s1. The Morgan fingerprint density at radius 1 is 1.03 bits per heavy atom. The first kappa shape index (κ1) is 22.4. The summed E-state index contributed by atoms with van der Waals surface area (Å²) >= 11 is 6.16. The first-order valence-electron chi connectivity index (χ1n) is 10.3. The van der Waals surface area contributed by atoms with E-state index in [1.807, 2.05) is 24.3 Å². The molecule has 0 radical (unpaired) electrons.